The second-order valence-electron chi connectivity index (χ2n) is 7.93. The van der Waals surface area contributed by atoms with Gasteiger partial charge in [0.05, 0.1) is 11.4 Å². The zero-order chi connectivity index (χ0) is 21.5. The summed E-state index contributed by atoms with van der Waals surface area (Å²) in [5.74, 6) is -0.123. The number of hydrogen-bond acceptors (Lipinski definition) is 4. The van der Waals surface area contributed by atoms with Crippen molar-refractivity contribution in [2.75, 3.05) is 5.32 Å². The number of allylic oxidation sites excluding steroid dienone is 1. The van der Waals surface area contributed by atoms with Crippen molar-refractivity contribution in [3.05, 3.63) is 106 Å². The minimum atomic E-state index is -1.39. The van der Waals surface area contributed by atoms with Gasteiger partial charge in [-0.2, -0.15) is 0 Å². The van der Waals surface area contributed by atoms with Gasteiger partial charge in [-0.3, -0.25) is 4.79 Å². The molecule has 0 amide bonds. The van der Waals surface area contributed by atoms with Crippen LogP contribution in [0.4, 0.5) is 5.69 Å². The third-order valence-electron chi connectivity index (χ3n) is 5.47. The van der Waals surface area contributed by atoms with E-state index >= 15 is 0 Å². The number of ketones is 1. The number of carbonyl (C=O) groups is 1. The van der Waals surface area contributed by atoms with Crippen molar-refractivity contribution in [1.82, 2.24) is 0 Å². The molecule has 0 aliphatic carbocycles. The molecule has 0 bridgehead atoms. The van der Waals surface area contributed by atoms with Crippen molar-refractivity contribution >= 4 is 23.2 Å². The zero-order valence-corrected chi connectivity index (χ0v) is 18.4. The molecule has 1 atom stereocenters. The molecule has 4 heteroatoms. The number of fused-ring (bicyclic) bond motifs is 1. The number of anilines is 1. The van der Waals surface area contributed by atoms with Crippen LogP contribution in [0, 0.1) is 27.7 Å². The van der Waals surface area contributed by atoms with Crippen molar-refractivity contribution in [3.63, 3.8) is 0 Å². The number of benzene rings is 3. The molecular weight excluding hydrogens is 390 g/mol. The van der Waals surface area contributed by atoms with Gasteiger partial charge in [-0.25, -0.2) is 0 Å². The Labute approximate surface area is 181 Å². The second kappa shape index (κ2) is 7.78. The topological polar surface area (TPSA) is 49.3 Å². The Hall–Kier alpha value is -2.82. The average molecular weight is 416 g/mol. The summed E-state index contributed by atoms with van der Waals surface area (Å²) in [4.78, 5) is 12.8. The maximum Gasteiger partial charge on any atom is 0.187 e. The third-order valence-corrected chi connectivity index (χ3v) is 6.78. The van der Waals surface area contributed by atoms with Crippen LogP contribution in [-0.2, 0) is 4.93 Å². The average Bonchev–Trinajstić information content (AvgIpc) is 2.72. The minimum absolute atomic E-state index is 0.123. The maximum atomic E-state index is 13.2. The van der Waals surface area contributed by atoms with Crippen LogP contribution in [0.15, 0.2) is 77.3 Å². The van der Waals surface area contributed by atoms with Gasteiger partial charge in [0, 0.05) is 22.1 Å². The van der Waals surface area contributed by atoms with E-state index in [2.05, 4.69) is 5.32 Å². The van der Waals surface area contributed by atoms with Crippen LogP contribution in [-0.4, -0.2) is 10.9 Å². The van der Waals surface area contributed by atoms with E-state index in [1.807, 2.05) is 88.4 Å². The van der Waals surface area contributed by atoms with Crippen LogP contribution in [0.25, 0.3) is 0 Å². The highest BCUT2D eigenvalue weighted by Crippen LogP contribution is 2.52. The summed E-state index contributed by atoms with van der Waals surface area (Å²) < 4.78 is 0. The van der Waals surface area contributed by atoms with Gasteiger partial charge in [0.25, 0.3) is 0 Å². The summed E-state index contributed by atoms with van der Waals surface area (Å²) in [7, 11) is 0. The number of carbonyl (C=O) groups excluding carboxylic acids is 1. The monoisotopic (exact) mass is 415 g/mol. The highest BCUT2D eigenvalue weighted by molar-refractivity contribution is 8.00. The van der Waals surface area contributed by atoms with Gasteiger partial charge in [0.2, 0.25) is 0 Å². The first-order valence-electron chi connectivity index (χ1n) is 9.97. The predicted molar refractivity (Wildman–Crippen MR) is 124 cm³/mol. The molecule has 1 aliphatic heterocycles. The Morgan fingerprint density at radius 3 is 2.37 bits per heavy atom. The molecule has 0 aromatic heterocycles. The van der Waals surface area contributed by atoms with Gasteiger partial charge in [0.15, 0.2) is 10.7 Å². The smallest absolute Gasteiger partial charge is 0.187 e. The van der Waals surface area contributed by atoms with Crippen LogP contribution in [0.2, 0.25) is 0 Å². The van der Waals surface area contributed by atoms with Crippen molar-refractivity contribution in [3.8, 4) is 0 Å². The number of thioether (sulfide) groups is 1. The lowest BCUT2D eigenvalue weighted by Gasteiger charge is -2.37. The first-order valence-corrected chi connectivity index (χ1v) is 10.8. The Kier molecular flexibility index (Phi) is 5.31. The zero-order valence-electron chi connectivity index (χ0n) is 17.6. The van der Waals surface area contributed by atoms with Crippen LogP contribution in [0.3, 0.4) is 0 Å². The molecule has 152 valence electrons. The summed E-state index contributed by atoms with van der Waals surface area (Å²) >= 11 is 1.36. The van der Waals surface area contributed by atoms with E-state index in [9.17, 15) is 9.90 Å². The largest absolute Gasteiger partial charge is 0.370 e. The molecule has 0 fully saturated rings. The number of rotatable bonds is 3. The SMILES string of the molecule is Cc1ccc(C)c(C(=O)/C=C2\Nc3ccccc3SC2(O)c2cc(C)ccc2C)c1. The van der Waals surface area contributed by atoms with E-state index in [1.54, 1.807) is 6.08 Å². The number of aryl methyl sites for hydroxylation is 4. The molecule has 3 nitrogen and oxygen atoms in total. The van der Waals surface area contributed by atoms with Crippen molar-refractivity contribution in [1.29, 1.82) is 0 Å². The molecule has 2 N–H and O–H groups in total. The summed E-state index contributed by atoms with van der Waals surface area (Å²) in [6, 6.07) is 19.7. The Morgan fingerprint density at radius 2 is 1.60 bits per heavy atom. The molecule has 1 heterocycles. The quantitative estimate of drug-likeness (QED) is 0.404. The molecule has 1 unspecified atom stereocenters. The number of nitrogens with one attached hydrogen (secondary N) is 1. The van der Waals surface area contributed by atoms with E-state index in [1.165, 1.54) is 11.8 Å². The van der Waals surface area contributed by atoms with Gasteiger partial charge in [-0.15, -0.1) is 0 Å². The molecule has 4 rings (SSSR count). The molecule has 0 spiro atoms. The standard InChI is InChI=1S/C26H25NO2S/c1-16-9-11-18(3)20(13-16)23(28)15-25-26(29,21-14-17(2)10-12-19(21)4)30-24-8-6-5-7-22(24)27-25/h5-15,27,29H,1-4H3/b25-15-. The number of hydrogen-bond donors (Lipinski definition) is 2. The molecule has 30 heavy (non-hydrogen) atoms. The van der Waals surface area contributed by atoms with E-state index in [4.69, 9.17) is 0 Å². The highest BCUT2D eigenvalue weighted by atomic mass is 32.2. The normalized spacial score (nSPS) is 19.3. The summed E-state index contributed by atoms with van der Waals surface area (Å²) in [5.41, 5.74) is 6.78. The predicted octanol–water partition coefficient (Wildman–Crippen LogP) is 6.05. The van der Waals surface area contributed by atoms with Crippen LogP contribution in [0.5, 0.6) is 0 Å². The molecule has 0 saturated heterocycles. The maximum absolute atomic E-state index is 13.2. The summed E-state index contributed by atoms with van der Waals surface area (Å²) in [6.45, 7) is 7.89. The molecule has 0 radical (unpaired) electrons. The molecule has 3 aromatic carbocycles. The second-order valence-corrected chi connectivity index (χ2v) is 9.16. The van der Waals surface area contributed by atoms with Gasteiger partial charge >= 0.3 is 0 Å². The lowest BCUT2D eigenvalue weighted by molar-refractivity contribution is 0.104. The van der Waals surface area contributed by atoms with Gasteiger partial charge < -0.3 is 10.4 Å². The molecule has 1 aliphatic rings. The number of para-hydroxylation sites is 1. The first-order chi connectivity index (χ1) is 14.3. The summed E-state index contributed by atoms with van der Waals surface area (Å²) in [6.07, 6.45) is 1.55. The third kappa shape index (κ3) is 3.69. The first kappa shape index (κ1) is 20.5. The number of aliphatic hydroxyl groups is 1. The summed E-state index contributed by atoms with van der Waals surface area (Å²) in [5, 5.41) is 15.3. The van der Waals surface area contributed by atoms with Gasteiger partial charge in [-0.1, -0.05) is 65.4 Å². The van der Waals surface area contributed by atoms with Crippen molar-refractivity contribution < 1.29 is 9.90 Å². The highest BCUT2D eigenvalue weighted by Gasteiger charge is 2.41. The van der Waals surface area contributed by atoms with Gasteiger partial charge in [-0.05, 0) is 57.0 Å². The van der Waals surface area contributed by atoms with E-state index in [-0.39, 0.29) is 5.78 Å². The fourth-order valence-corrected chi connectivity index (χ4v) is 4.99. The Bertz CT molecular complexity index is 1180. The molecule has 0 saturated carbocycles. The lowest BCUT2D eigenvalue weighted by atomic mass is 9.95. The van der Waals surface area contributed by atoms with Crippen molar-refractivity contribution in [2.45, 2.75) is 37.5 Å². The lowest BCUT2D eigenvalue weighted by Crippen LogP contribution is -2.33. The molecule has 3 aromatic rings. The van der Waals surface area contributed by atoms with Crippen LogP contribution >= 0.6 is 11.8 Å². The fourth-order valence-electron chi connectivity index (χ4n) is 3.75. The van der Waals surface area contributed by atoms with E-state index < -0.39 is 4.93 Å². The van der Waals surface area contributed by atoms with E-state index in [0.29, 0.717) is 11.3 Å². The van der Waals surface area contributed by atoms with Crippen molar-refractivity contribution in [2.24, 2.45) is 0 Å². The van der Waals surface area contributed by atoms with Crippen LogP contribution < -0.4 is 5.32 Å². The van der Waals surface area contributed by atoms with Gasteiger partial charge in [0.1, 0.15) is 0 Å². The van der Waals surface area contributed by atoms with Crippen LogP contribution in [0.1, 0.15) is 38.2 Å². The molecular formula is C26H25NO2S. The van der Waals surface area contributed by atoms with E-state index in [0.717, 1.165) is 38.4 Å². The Morgan fingerprint density at radius 1 is 0.933 bits per heavy atom. The fraction of sp³-hybridized carbons (Fsp3) is 0.192. The minimum Gasteiger partial charge on any atom is -0.370 e. The Balaban J connectivity index is 1.88.